The van der Waals surface area contributed by atoms with Gasteiger partial charge < -0.3 is 9.80 Å². The van der Waals surface area contributed by atoms with Gasteiger partial charge in [0.05, 0.1) is 5.69 Å². The second-order valence-corrected chi connectivity index (χ2v) is 8.84. The van der Waals surface area contributed by atoms with Crippen molar-refractivity contribution in [2.75, 3.05) is 31.1 Å². The Balaban J connectivity index is 1.28. The van der Waals surface area contributed by atoms with Gasteiger partial charge in [0.1, 0.15) is 0 Å². The molecular weight excluding hydrogens is 384 g/mol. The van der Waals surface area contributed by atoms with E-state index in [1.807, 2.05) is 4.90 Å². The molecule has 0 unspecified atom stereocenters. The van der Waals surface area contributed by atoms with Gasteiger partial charge in [-0.2, -0.15) is 0 Å². The third-order valence-electron chi connectivity index (χ3n) is 6.73. The lowest BCUT2D eigenvalue weighted by Crippen LogP contribution is -2.39. The van der Waals surface area contributed by atoms with Crippen molar-refractivity contribution >= 4 is 17.4 Å². The molecule has 2 heterocycles. The van der Waals surface area contributed by atoms with E-state index in [1.165, 1.54) is 16.7 Å². The largest absolute Gasteiger partial charge is 0.312 e. The summed E-state index contributed by atoms with van der Waals surface area (Å²) in [5.74, 6) is 0.487. The molecule has 2 aliphatic heterocycles. The van der Waals surface area contributed by atoms with Gasteiger partial charge >= 0.3 is 0 Å². The van der Waals surface area contributed by atoms with Gasteiger partial charge in [-0.05, 0) is 80.4 Å². The minimum atomic E-state index is 0.236. The number of hydrogen-bond acceptors (Lipinski definition) is 3. The zero-order valence-electron chi connectivity index (χ0n) is 18.7. The molecule has 2 aromatic carbocycles. The molecule has 1 amide bonds. The SMILES string of the molecule is CCN(CCCCC(=O)c1cc2c3c(c1)CCC(=O)N3CCC2)CCc1ccccc1. The van der Waals surface area contributed by atoms with Gasteiger partial charge in [-0.1, -0.05) is 37.3 Å². The highest BCUT2D eigenvalue weighted by Crippen LogP contribution is 2.36. The van der Waals surface area contributed by atoms with Gasteiger partial charge in [0, 0.05) is 31.5 Å². The topological polar surface area (TPSA) is 40.6 Å². The summed E-state index contributed by atoms with van der Waals surface area (Å²) in [5, 5.41) is 0. The van der Waals surface area contributed by atoms with Gasteiger partial charge in [-0.15, -0.1) is 0 Å². The summed E-state index contributed by atoms with van der Waals surface area (Å²) in [4.78, 5) is 29.5. The molecule has 0 bridgehead atoms. The van der Waals surface area contributed by atoms with Crippen molar-refractivity contribution in [3.8, 4) is 0 Å². The Morgan fingerprint density at radius 2 is 1.77 bits per heavy atom. The summed E-state index contributed by atoms with van der Waals surface area (Å²) in [6.07, 6.45) is 6.96. The first-order valence-electron chi connectivity index (χ1n) is 11.9. The Kier molecular flexibility index (Phi) is 7.18. The number of carbonyl (C=O) groups excluding carboxylic acids is 2. The molecule has 164 valence electrons. The second-order valence-electron chi connectivity index (χ2n) is 8.84. The number of rotatable bonds is 10. The number of likely N-dealkylation sites (N-methyl/N-ethyl adjacent to an activating group) is 1. The quantitative estimate of drug-likeness (QED) is 0.410. The van der Waals surface area contributed by atoms with Crippen molar-refractivity contribution in [1.29, 1.82) is 0 Å². The van der Waals surface area contributed by atoms with E-state index >= 15 is 0 Å². The predicted octanol–water partition coefficient (Wildman–Crippen LogP) is 4.83. The average Bonchev–Trinajstić information content (AvgIpc) is 2.81. The Hall–Kier alpha value is -2.46. The van der Waals surface area contributed by atoms with Crippen LogP contribution in [-0.2, 0) is 24.1 Å². The molecule has 0 saturated heterocycles. The molecule has 4 heteroatoms. The van der Waals surface area contributed by atoms with Crippen LogP contribution in [0.1, 0.15) is 66.1 Å². The van der Waals surface area contributed by atoms with Gasteiger partial charge in [-0.25, -0.2) is 0 Å². The number of amides is 1. The van der Waals surface area contributed by atoms with Gasteiger partial charge in [0.2, 0.25) is 5.91 Å². The third kappa shape index (κ3) is 5.24. The van der Waals surface area contributed by atoms with E-state index < -0.39 is 0 Å². The maximum atomic E-state index is 12.9. The number of Topliss-reactive ketones (excluding diaryl/α,β-unsaturated/α-hetero) is 1. The number of benzene rings is 2. The van der Waals surface area contributed by atoms with Crippen molar-refractivity contribution in [3.05, 3.63) is 64.7 Å². The lowest BCUT2D eigenvalue weighted by molar-refractivity contribution is -0.119. The van der Waals surface area contributed by atoms with Gasteiger partial charge in [0.25, 0.3) is 0 Å². The van der Waals surface area contributed by atoms with Crippen LogP contribution in [0.25, 0.3) is 0 Å². The molecule has 0 N–H and O–H groups in total. The number of anilines is 1. The van der Waals surface area contributed by atoms with E-state index in [0.29, 0.717) is 12.8 Å². The Bertz CT molecular complexity index is 905. The minimum Gasteiger partial charge on any atom is -0.312 e. The van der Waals surface area contributed by atoms with Crippen LogP contribution in [0.3, 0.4) is 0 Å². The van der Waals surface area contributed by atoms with Crippen molar-refractivity contribution in [2.24, 2.45) is 0 Å². The van der Waals surface area contributed by atoms with Crippen LogP contribution in [-0.4, -0.2) is 42.8 Å². The van der Waals surface area contributed by atoms with Crippen LogP contribution in [0.15, 0.2) is 42.5 Å². The van der Waals surface area contributed by atoms with Crippen LogP contribution < -0.4 is 4.90 Å². The molecule has 0 spiro atoms. The molecule has 4 rings (SSSR count). The van der Waals surface area contributed by atoms with Crippen LogP contribution in [0.2, 0.25) is 0 Å². The summed E-state index contributed by atoms with van der Waals surface area (Å²) < 4.78 is 0. The van der Waals surface area contributed by atoms with Gasteiger partial charge in [-0.3, -0.25) is 9.59 Å². The van der Waals surface area contributed by atoms with Crippen molar-refractivity contribution < 1.29 is 9.59 Å². The highest BCUT2D eigenvalue weighted by Gasteiger charge is 2.30. The first-order chi connectivity index (χ1) is 15.2. The number of ketones is 1. The number of carbonyl (C=O) groups is 2. The highest BCUT2D eigenvalue weighted by molar-refractivity contribution is 6.01. The molecule has 0 aromatic heterocycles. The first kappa shape index (κ1) is 21.8. The fourth-order valence-corrected chi connectivity index (χ4v) is 4.94. The molecule has 4 nitrogen and oxygen atoms in total. The molecule has 0 aliphatic carbocycles. The monoisotopic (exact) mass is 418 g/mol. The van der Waals surface area contributed by atoms with Crippen LogP contribution >= 0.6 is 0 Å². The van der Waals surface area contributed by atoms with E-state index in [4.69, 9.17) is 0 Å². The normalized spacial score (nSPS) is 15.3. The van der Waals surface area contributed by atoms with Crippen LogP contribution in [0.5, 0.6) is 0 Å². The molecule has 0 atom stereocenters. The third-order valence-corrected chi connectivity index (χ3v) is 6.73. The van der Waals surface area contributed by atoms with Crippen LogP contribution in [0.4, 0.5) is 5.69 Å². The van der Waals surface area contributed by atoms with Crippen LogP contribution in [0, 0.1) is 0 Å². The summed E-state index contributed by atoms with van der Waals surface area (Å²) >= 11 is 0. The van der Waals surface area contributed by atoms with Crippen molar-refractivity contribution in [3.63, 3.8) is 0 Å². The van der Waals surface area contributed by atoms with Crippen molar-refractivity contribution in [1.82, 2.24) is 4.90 Å². The van der Waals surface area contributed by atoms with E-state index in [-0.39, 0.29) is 11.7 Å². The summed E-state index contributed by atoms with van der Waals surface area (Å²) in [5.41, 5.74) is 5.72. The zero-order chi connectivity index (χ0) is 21.6. The molecule has 0 radical (unpaired) electrons. The number of nitrogens with zero attached hydrogens (tertiary/aromatic N) is 2. The highest BCUT2D eigenvalue weighted by atomic mass is 16.2. The van der Waals surface area contributed by atoms with E-state index in [9.17, 15) is 9.59 Å². The maximum Gasteiger partial charge on any atom is 0.227 e. The summed E-state index contributed by atoms with van der Waals surface area (Å²) in [6.45, 7) is 6.19. The number of aryl methyl sites for hydroxylation is 2. The molecular formula is C27H34N2O2. The Morgan fingerprint density at radius 3 is 2.55 bits per heavy atom. The fraction of sp³-hybridized carbons (Fsp3) is 0.481. The molecule has 0 saturated carbocycles. The van der Waals surface area contributed by atoms with Gasteiger partial charge in [0.15, 0.2) is 5.78 Å². The molecule has 2 aliphatic rings. The number of hydrogen-bond donors (Lipinski definition) is 0. The average molecular weight is 419 g/mol. The first-order valence-corrected chi connectivity index (χ1v) is 11.9. The van der Waals surface area contributed by atoms with E-state index in [2.05, 4.69) is 54.3 Å². The molecule has 0 fully saturated rings. The zero-order valence-corrected chi connectivity index (χ0v) is 18.7. The number of unbranched alkanes of at least 4 members (excludes halogenated alkanes) is 1. The van der Waals surface area contributed by atoms with E-state index in [0.717, 1.165) is 76.0 Å². The smallest absolute Gasteiger partial charge is 0.227 e. The van der Waals surface area contributed by atoms with E-state index in [1.54, 1.807) is 0 Å². The Labute approximate surface area is 186 Å². The Morgan fingerprint density at radius 1 is 1.00 bits per heavy atom. The summed E-state index contributed by atoms with van der Waals surface area (Å²) in [7, 11) is 0. The minimum absolute atomic E-state index is 0.236. The second kappa shape index (κ2) is 10.2. The maximum absolute atomic E-state index is 12.9. The lowest BCUT2D eigenvalue weighted by atomic mass is 9.88. The summed E-state index contributed by atoms with van der Waals surface area (Å²) in [6, 6.07) is 14.8. The molecule has 2 aromatic rings. The molecule has 31 heavy (non-hydrogen) atoms. The lowest BCUT2D eigenvalue weighted by Gasteiger charge is -2.35. The fourth-order valence-electron chi connectivity index (χ4n) is 4.94. The van der Waals surface area contributed by atoms with Crippen molar-refractivity contribution in [2.45, 2.75) is 58.3 Å². The predicted molar refractivity (Wildman–Crippen MR) is 126 cm³/mol. The standard InChI is InChI=1S/C27H34N2O2/c1-2-28(18-15-21-9-4-3-5-10-21)16-7-6-12-25(30)24-19-22-11-8-17-29-26(31)14-13-23(20-24)27(22)29/h3-5,9-10,19-20H,2,6-8,11-18H2,1H3.